The normalized spacial score (nSPS) is 23.7. The van der Waals surface area contributed by atoms with Gasteiger partial charge in [0.15, 0.2) is 0 Å². The van der Waals surface area contributed by atoms with Crippen LogP contribution in [0.4, 0.5) is 0 Å². The van der Waals surface area contributed by atoms with E-state index in [0.29, 0.717) is 12.0 Å². The summed E-state index contributed by atoms with van der Waals surface area (Å²) < 4.78 is 0. The highest BCUT2D eigenvalue weighted by Gasteiger charge is 2.21. The van der Waals surface area contributed by atoms with Gasteiger partial charge < -0.3 is 5.32 Å². The summed E-state index contributed by atoms with van der Waals surface area (Å²) in [5, 5.41) is 3.73. The molecule has 1 aliphatic rings. The summed E-state index contributed by atoms with van der Waals surface area (Å²) in [5.74, 6) is 0.694. The van der Waals surface area contributed by atoms with Crippen LogP contribution in [0.15, 0.2) is 30.3 Å². The zero-order chi connectivity index (χ0) is 11.2. The first kappa shape index (κ1) is 11.7. The lowest BCUT2D eigenvalue weighted by atomic mass is 9.87. The van der Waals surface area contributed by atoms with Crippen LogP contribution in [0.3, 0.4) is 0 Å². The van der Waals surface area contributed by atoms with Gasteiger partial charge in [0.1, 0.15) is 0 Å². The van der Waals surface area contributed by atoms with E-state index in [4.69, 9.17) is 0 Å². The Morgan fingerprint density at radius 1 is 1.19 bits per heavy atom. The zero-order valence-electron chi connectivity index (χ0n) is 10.3. The largest absolute Gasteiger partial charge is 0.313 e. The van der Waals surface area contributed by atoms with Gasteiger partial charge >= 0.3 is 0 Å². The second-order valence-electron chi connectivity index (χ2n) is 4.84. The summed E-state index contributed by atoms with van der Waals surface area (Å²) in [5.41, 5.74) is 1.50. The van der Waals surface area contributed by atoms with Gasteiger partial charge in [-0.05, 0) is 37.3 Å². The van der Waals surface area contributed by atoms with Gasteiger partial charge in [0.05, 0.1) is 0 Å². The number of rotatable bonds is 3. The van der Waals surface area contributed by atoms with E-state index in [-0.39, 0.29) is 0 Å². The topological polar surface area (TPSA) is 12.0 Å². The minimum absolute atomic E-state index is 0.690. The molecular formula is C15H23N. The zero-order valence-corrected chi connectivity index (χ0v) is 10.3. The first-order valence-corrected chi connectivity index (χ1v) is 6.70. The molecule has 0 aromatic heterocycles. The van der Waals surface area contributed by atoms with Crippen molar-refractivity contribution in [2.75, 3.05) is 6.54 Å². The van der Waals surface area contributed by atoms with Gasteiger partial charge in [0.25, 0.3) is 0 Å². The molecule has 1 saturated heterocycles. The van der Waals surface area contributed by atoms with Crippen LogP contribution in [0.2, 0.25) is 0 Å². The lowest BCUT2D eigenvalue weighted by Crippen LogP contribution is -2.34. The molecule has 0 spiro atoms. The third-order valence-corrected chi connectivity index (χ3v) is 3.75. The highest BCUT2D eigenvalue weighted by atomic mass is 14.9. The summed E-state index contributed by atoms with van der Waals surface area (Å²) in [6.07, 6.45) is 6.71. The highest BCUT2D eigenvalue weighted by molar-refractivity contribution is 5.21. The molecule has 1 heteroatoms. The van der Waals surface area contributed by atoms with Gasteiger partial charge in [-0.1, -0.05) is 50.1 Å². The molecule has 88 valence electrons. The molecule has 1 aliphatic heterocycles. The summed E-state index contributed by atoms with van der Waals surface area (Å²) in [7, 11) is 0. The van der Waals surface area contributed by atoms with Gasteiger partial charge in [-0.15, -0.1) is 0 Å². The first-order valence-electron chi connectivity index (χ1n) is 6.70. The maximum absolute atomic E-state index is 3.73. The van der Waals surface area contributed by atoms with Gasteiger partial charge in [-0.3, -0.25) is 0 Å². The van der Waals surface area contributed by atoms with Crippen molar-refractivity contribution < 1.29 is 0 Å². The molecule has 1 fully saturated rings. The lowest BCUT2D eigenvalue weighted by molar-refractivity contribution is 0.417. The second-order valence-corrected chi connectivity index (χ2v) is 4.84. The fraction of sp³-hybridized carbons (Fsp3) is 0.600. The Morgan fingerprint density at radius 3 is 2.75 bits per heavy atom. The fourth-order valence-electron chi connectivity index (χ4n) is 2.85. The van der Waals surface area contributed by atoms with Crippen LogP contribution in [0, 0.1) is 0 Å². The van der Waals surface area contributed by atoms with Crippen molar-refractivity contribution in [3.63, 3.8) is 0 Å². The smallest absolute Gasteiger partial charge is 0.0136 e. The van der Waals surface area contributed by atoms with Crippen LogP contribution >= 0.6 is 0 Å². The Hall–Kier alpha value is -0.820. The van der Waals surface area contributed by atoms with E-state index in [9.17, 15) is 0 Å². The average Bonchev–Trinajstić information content (AvgIpc) is 2.61. The Kier molecular flexibility index (Phi) is 4.41. The number of hydrogen-bond donors (Lipinski definition) is 1. The molecule has 1 nitrogen and oxygen atoms in total. The second kappa shape index (κ2) is 6.05. The minimum Gasteiger partial charge on any atom is -0.313 e. The lowest BCUT2D eigenvalue weighted by Gasteiger charge is -2.26. The predicted octanol–water partition coefficient (Wildman–Crippen LogP) is 3.71. The summed E-state index contributed by atoms with van der Waals surface area (Å²) in [4.78, 5) is 0. The van der Waals surface area contributed by atoms with E-state index in [0.717, 1.165) is 0 Å². The Balaban J connectivity index is 2.09. The first-order chi connectivity index (χ1) is 7.92. The molecule has 1 aromatic carbocycles. The van der Waals surface area contributed by atoms with Gasteiger partial charge in [0, 0.05) is 6.04 Å². The van der Waals surface area contributed by atoms with Crippen molar-refractivity contribution in [2.45, 2.75) is 51.0 Å². The van der Waals surface area contributed by atoms with E-state index >= 15 is 0 Å². The van der Waals surface area contributed by atoms with Crippen LogP contribution in [0.25, 0.3) is 0 Å². The molecule has 2 atom stereocenters. The maximum atomic E-state index is 3.73. The van der Waals surface area contributed by atoms with Crippen LogP contribution in [-0.4, -0.2) is 12.6 Å². The number of hydrogen-bond acceptors (Lipinski definition) is 1. The maximum Gasteiger partial charge on any atom is 0.0136 e. The number of nitrogens with one attached hydrogen (secondary N) is 1. The average molecular weight is 217 g/mol. The highest BCUT2D eigenvalue weighted by Crippen LogP contribution is 2.27. The molecule has 1 heterocycles. The van der Waals surface area contributed by atoms with Gasteiger partial charge in [-0.2, -0.15) is 0 Å². The van der Waals surface area contributed by atoms with E-state index in [1.807, 2.05) is 0 Å². The standard InChI is InChI=1S/C15H23N/c1-2-14(13-9-5-3-6-10-13)15-11-7-4-8-12-16-15/h3,5-6,9-10,14-16H,2,4,7-8,11-12H2,1H3/t14-,15+/m1/s1. The quantitative estimate of drug-likeness (QED) is 0.814. The molecule has 16 heavy (non-hydrogen) atoms. The Labute approximate surface area is 99.3 Å². The summed E-state index contributed by atoms with van der Waals surface area (Å²) in [6, 6.07) is 11.7. The summed E-state index contributed by atoms with van der Waals surface area (Å²) >= 11 is 0. The van der Waals surface area contributed by atoms with Crippen molar-refractivity contribution >= 4 is 0 Å². The minimum atomic E-state index is 0.690. The molecule has 2 rings (SSSR count). The molecule has 0 amide bonds. The molecule has 0 aliphatic carbocycles. The van der Waals surface area contributed by atoms with Crippen LogP contribution in [-0.2, 0) is 0 Å². The van der Waals surface area contributed by atoms with Crippen molar-refractivity contribution in [1.29, 1.82) is 0 Å². The Bertz CT molecular complexity index is 286. The Morgan fingerprint density at radius 2 is 2.00 bits per heavy atom. The van der Waals surface area contributed by atoms with Gasteiger partial charge in [0.2, 0.25) is 0 Å². The van der Waals surface area contributed by atoms with E-state index in [2.05, 4.69) is 42.6 Å². The SMILES string of the molecule is CC[C@H](c1ccccc1)[C@@H]1CCCCCN1. The van der Waals surface area contributed by atoms with E-state index in [1.54, 1.807) is 0 Å². The van der Waals surface area contributed by atoms with Crippen LogP contribution in [0.1, 0.15) is 50.5 Å². The molecule has 0 unspecified atom stereocenters. The molecule has 1 aromatic rings. The predicted molar refractivity (Wildman–Crippen MR) is 69.7 cm³/mol. The third kappa shape index (κ3) is 2.85. The number of benzene rings is 1. The van der Waals surface area contributed by atoms with Crippen molar-refractivity contribution in [1.82, 2.24) is 5.32 Å². The molecule has 0 saturated carbocycles. The monoisotopic (exact) mass is 217 g/mol. The fourth-order valence-corrected chi connectivity index (χ4v) is 2.85. The van der Waals surface area contributed by atoms with E-state index < -0.39 is 0 Å². The summed E-state index contributed by atoms with van der Waals surface area (Å²) in [6.45, 7) is 3.51. The molecule has 0 bridgehead atoms. The van der Waals surface area contributed by atoms with Crippen molar-refractivity contribution in [3.05, 3.63) is 35.9 Å². The van der Waals surface area contributed by atoms with Crippen LogP contribution < -0.4 is 5.32 Å². The van der Waals surface area contributed by atoms with E-state index in [1.165, 1.54) is 44.2 Å². The van der Waals surface area contributed by atoms with Crippen LogP contribution in [0.5, 0.6) is 0 Å². The molecule has 0 radical (unpaired) electrons. The molecule has 1 N–H and O–H groups in total. The molecular weight excluding hydrogens is 194 g/mol. The van der Waals surface area contributed by atoms with Gasteiger partial charge in [-0.25, -0.2) is 0 Å². The third-order valence-electron chi connectivity index (χ3n) is 3.75. The van der Waals surface area contributed by atoms with Crippen molar-refractivity contribution in [3.8, 4) is 0 Å². The van der Waals surface area contributed by atoms with Crippen molar-refractivity contribution in [2.24, 2.45) is 0 Å².